The van der Waals surface area contributed by atoms with Gasteiger partial charge in [0.2, 0.25) is 0 Å². The van der Waals surface area contributed by atoms with Gasteiger partial charge in [0.25, 0.3) is 0 Å². The highest BCUT2D eigenvalue weighted by atomic mass is 32.2. The van der Waals surface area contributed by atoms with Crippen molar-refractivity contribution in [2.45, 2.75) is 11.9 Å². The van der Waals surface area contributed by atoms with Crippen molar-refractivity contribution in [1.82, 2.24) is 0 Å². The van der Waals surface area contributed by atoms with E-state index in [9.17, 15) is 0 Å². The minimum Gasteiger partial charge on any atom is -0.496 e. The molecule has 4 heteroatoms. The molecule has 1 rings (SSSR count). The fraction of sp³-hybridized carbons (Fsp3) is 0.455. The molecule has 0 amide bonds. The predicted molar refractivity (Wildman–Crippen MR) is 62.2 cm³/mol. The largest absolute Gasteiger partial charge is 0.496 e. The van der Waals surface area contributed by atoms with Crippen molar-refractivity contribution in [2.75, 3.05) is 19.5 Å². The lowest BCUT2D eigenvalue weighted by atomic mass is 10.2. The van der Waals surface area contributed by atoms with Crippen molar-refractivity contribution >= 4 is 11.8 Å². The summed E-state index contributed by atoms with van der Waals surface area (Å²) in [5.41, 5.74) is 1.11. The van der Waals surface area contributed by atoms with Gasteiger partial charge in [-0.25, -0.2) is 0 Å². The zero-order valence-corrected chi connectivity index (χ0v) is 9.54. The monoisotopic (exact) mass is 228 g/mol. The van der Waals surface area contributed by atoms with Crippen LogP contribution >= 0.6 is 11.8 Å². The van der Waals surface area contributed by atoms with Crippen LogP contribution in [0, 0.1) is 0 Å². The quantitative estimate of drug-likeness (QED) is 0.770. The molecule has 0 radical (unpaired) electrons. The van der Waals surface area contributed by atoms with Gasteiger partial charge in [0.05, 0.1) is 19.8 Å². The van der Waals surface area contributed by atoms with Crippen LogP contribution in [0.3, 0.4) is 0 Å². The first-order valence-corrected chi connectivity index (χ1v) is 5.92. The second kappa shape index (κ2) is 6.71. The molecule has 0 fully saturated rings. The maximum atomic E-state index is 9.16. The molecule has 15 heavy (non-hydrogen) atoms. The molecule has 0 bridgehead atoms. The molecule has 3 nitrogen and oxygen atoms in total. The second-order valence-electron chi connectivity index (χ2n) is 3.16. The summed E-state index contributed by atoms with van der Waals surface area (Å²) in [6.45, 7) is -0.182. The summed E-state index contributed by atoms with van der Waals surface area (Å²) in [4.78, 5) is 0. The smallest absolute Gasteiger partial charge is 0.122 e. The van der Waals surface area contributed by atoms with Crippen LogP contribution in [0.5, 0.6) is 5.75 Å². The van der Waals surface area contributed by atoms with Crippen molar-refractivity contribution in [2.24, 2.45) is 0 Å². The van der Waals surface area contributed by atoms with Crippen LogP contribution in [0.2, 0.25) is 0 Å². The SMILES string of the molecule is COc1ccccc1CSCC(O)CO. The number of methoxy groups -OCH3 is 1. The van der Waals surface area contributed by atoms with Crippen LogP contribution in [-0.4, -0.2) is 35.8 Å². The van der Waals surface area contributed by atoms with Crippen LogP contribution in [-0.2, 0) is 5.75 Å². The van der Waals surface area contributed by atoms with E-state index in [4.69, 9.17) is 14.9 Å². The lowest BCUT2D eigenvalue weighted by Crippen LogP contribution is -2.14. The number of aliphatic hydroxyl groups excluding tert-OH is 2. The predicted octanol–water partition coefficient (Wildman–Crippen LogP) is 1.28. The van der Waals surface area contributed by atoms with Gasteiger partial charge in [-0.3, -0.25) is 0 Å². The minimum absolute atomic E-state index is 0.182. The summed E-state index contributed by atoms with van der Waals surface area (Å²) >= 11 is 1.58. The van der Waals surface area contributed by atoms with Gasteiger partial charge in [0.15, 0.2) is 0 Å². The Hall–Kier alpha value is -0.710. The normalized spacial score (nSPS) is 12.5. The summed E-state index contributed by atoms with van der Waals surface area (Å²) in [5, 5.41) is 17.8. The van der Waals surface area contributed by atoms with Crippen LogP contribution in [0.25, 0.3) is 0 Å². The Kier molecular flexibility index (Phi) is 5.53. The van der Waals surface area contributed by atoms with Crippen molar-refractivity contribution < 1.29 is 14.9 Å². The Labute approximate surface area is 94.1 Å². The molecule has 0 aliphatic carbocycles. The second-order valence-corrected chi connectivity index (χ2v) is 4.19. The number of ether oxygens (including phenoxy) is 1. The van der Waals surface area contributed by atoms with Gasteiger partial charge in [-0.1, -0.05) is 18.2 Å². The van der Waals surface area contributed by atoms with Gasteiger partial charge in [-0.15, -0.1) is 0 Å². The lowest BCUT2D eigenvalue weighted by Gasteiger charge is -2.09. The summed E-state index contributed by atoms with van der Waals surface area (Å²) < 4.78 is 5.20. The fourth-order valence-electron chi connectivity index (χ4n) is 1.18. The molecule has 2 N–H and O–H groups in total. The fourth-order valence-corrected chi connectivity index (χ4v) is 2.13. The van der Waals surface area contributed by atoms with Crippen molar-refractivity contribution in [3.8, 4) is 5.75 Å². The highest BCUT2D eigenvalue weighted by Crippen LogP contribution is 2.22. The Morgan fingerprint density at radius 3 is 2.80 bits per heavy atom. The van der Waals surface area contributed by atoms with Crippen LogP contribution in [0.15, 0.2) is 24.3 Å². The maximum absolute atomic E-state index is 9.16. The molecule has 0 aliphatic rings. The molecule has 1 aromatic carbocycles. The zero-order chi connectivity index (χ0) is 11.1. The van der Waals surface area contributed by atoms with Gasteiger partial charge < -0.3 is 14.9 Å². The number of rotatable bonds is 6. The Morgan fingerprint density at radius 2 is 2.13 bits per heavy atom. The lowest BCUT2D eigenvalue weighted by molar-refractivity contribution is 0.113. The summed E-state index contributed by atoms with van der Waals surface area (Å²) in [6.07, 6.45) is -0.635. The molecule has 1 atom stereocenters. The molecule has 0 aliphatic heterocycles. The topological polar surface area (TPSA) is 49.7 Å². The molecule has 0 saturated carbocycles. The Morgan fingerprint density at radius 1 is 1.40 bits per heavy atom. The van der Waals surface area contributed by atoms with E-state index in [1.165, 1.54) is 0 Å². The van der Waals surface area contributed by atoms with E-state index in [2.05, 4.69) is 0 Å². The molecule has 0 saturated heterocycles. The first kappa shape index (κ1) is 12.4. The number of hydrogen-bond acceptors (Lipinski definition) is 4. The highest BCUT2D eigenvalue weighted by molar-refractivity contribution is 7.98. The third-order valence-corrected chi connectivity index (χ3v) is 3.11. The highest BCUT2D eigenvalue weighted by Gasteiger charge is 2.04. The molecule has 84 valence electrons. The van der Waals surface area contributed by atoms with Gasteiger partial charge >= 0.3 is 0 Å². The van der Waals surface area contributed by atoms with E-state index < -0.39 is 6.10 Å². The number of hydrogen-bond donors (Lipinski definition) is 2. The molecular weight excluding hydrogens is 212 g/mol. The molecule has 1 unspecified atom stereocenters. The third kappa shape index (κ3) is 4.11. The number of aliphatic hydroxyl groups is 2. The maximum Gasteiger partial charge on any atom is 0.122 e. The van der Waals surface area contributed by atoms with Crippen LogP contribution in [0.1, 0.15) is 5.56 Å². The summed E-state index contributed by atoms with van der Waals surface area (Å²) in [6, 6.07) is 7.80. The van der Waals surface area contributed by atoms with E-state index >= 15 is 0 Å². The molecule has 0 spiro atoms. The first-order valence-electron chi connectivity index (χ1n) is 4.76. The Balaban J connectivity index is 2.43. The average Bonchev–Trinajstić information content (AvgIpc) is 2.29. The van der Waals surface area contributed by atoms with Crippen molar-refractivity contribution in [3.63, 3.8) is 0 Å². The molecule has 0 aromatic heterocycles. The zero-order valence-electron chi connectivity index (χ0n) is 8.72. The number of thioether (sulfide) groups is 1. The van der Waals surface area contributed by atoms with Gasteiger partial charge in [-0.2, -0.15) is 11.8 Å². The number of benzene rings is 1. The van der Waals surface area contributed by atoms with Gasteiger partial charge in [0.1, 0.15) is 5.75 Å². The van der Waals surface area contributed by atoms with Gasteiger partial charge in [-0.05, 0) is 6.07 Å². The molecular formula is C11H16O3S. The minimum atomic E-state index is -0.635. The molecule has 1 aromatic rings. The van der Waals surface area contributed by atoms with E-state index in [1.807, 2.05) is 24.3 Å². The summed E-state index contributed by atoms with van der Waals surface area (Å²) in [7, 11) is 1.64. The molecule has 0 heterocycles. The standard InChI is InChI=1S/C11H16O3S/c1-14-11-5-3-2-4-9(11)7-15-8-10(13)6-12/h2-5,10,12-13H,6-8H2,1H3. The van der Waals surface area contributed by atoms with Crippen molar-refractivity contribution in [1.29, 1.82) is 0 Å². The van der Waals surface area contributed by atoms with E-state index in [0.29, 0.717) is 5.75 Å². The Bertz CT molecular complexity index is 291. The number of para-hydroxylation sites is 1. The van der Waals surface area contributed by atoms with Gasteiger partial charge in [0, 0.05) is 17.1 Å². The van der Waals surface area contributed by atoms with E-state index in [0.717, 1.165) is 17.1 Å². The van der Waals surface area contributed by atoms with E-state index in [-0.39, 0.29) is 6.61 Å². The van der Waals surface area contributed by atoms with Crippen LogP contribution < -0.4 is 4.74 Å². The van der Waals surface area contributed by atoms with E-state index in [1.54, 1.807) is 18.9 Å². The summed E-state index contributed by atoms with van der Waals surface area (Å²) in [5.74, 6) is 2.18. The third-order valence-electron chi connectivity index (χ3n) is 1.97. The average molecular weight is 228 g/mol. The van der Waals surface area contributed by atoms with Crippen molar-refractivity contribution in [3.05, 3.63) is 29.8 Å². The van der Waals surface area contributed by atoms with Crippen LogP contribution in [0.4, 0.5) is 0 Å². The first-order chi connectivity index (χ1) is 7.27.